The second-order valence-corrected chi connectivity index (χ2v) is 6.32. The number of likely N-dealkylation sites (tertiary alicyclic amines) is 1. The zero-order valence-electron chi connectivity index (χ0n) is 13.9. The predicted octanol–water partition coefficient (Wildman–Crippen LogP) is 1.70. The van der Waals surface area contributed by atoms with E-state index in [0.717, 1.165) is 17.0 Å². The molecule has 0 unspecified atom stereocenters. The number of benzene rings is 1. The SMILES string of the molecule is Cn1cc(O[C@@H]2CN(Cc3cc(-c4ccccc4)on3)C[C@H]2O)cn1. The lowest BCUT2D eigenvalue weighted by Crippen LogP contribution is -2.29. The number of aliphatic hydroxyl groups is 1. The molecule has 1 fully saturated rings. The molecule has 7 heteroatoms. The van der Waals surface area contributed by atoms with Gasteiger partial charge in [0.2, 0.25) is 0 Å². The van der Waals surface area contributed by atoms with Gasteiger partial charge in [-0.3, -0.25) is 9.58 Å². The van der Waals surface area contributed by atoms with Crippen molar-refractivity contribution >= 4 is 0 Å². The van der Waals surface area contributed by atoms with E-state index in [0.29, 0.717) is 25.4 Å². The number of hydrogen-bond donors (Lipinski definition) is 1. The number of aromatic nitrogens is 3. The lowest BCUT2D eigenvalue weighted by Gasteiger charge is -2.15. The molecule has 1 N–H and O–H groups in total. The maximum Gasteiger partial charge on any atom is 0.167 e. The number of β-amino-alcohol motifs (C(OH)–C–C–N with tert-alkyl or cyclic N) is 1. The van der Waals surface area contributed by atoms with Crippen LogP contribution in [-0.2, 0) is 13.6 Å². The van der Waals surface area contributed by atoms with E-state index in [2.05, 4.69) is 15.2 Å². The van der Waals surface area contributed by atoms with Gasteiger partial charge in [-0.15, -0.1) is 0 Å². The van der Waals surface area contributed by atoms with Crippen LogP contribution in [0.3, 0.4) is 0 Å². The van der Waals surface area contributed by atoms with E-state index in [1.807, 2.05) is 43.4 Å². The topological polar surface area (TPSA) is 76.5 Å². The summed E-state index contributed by atoms with van der Waals surface area (Å²) in [6.45, 7) is 1.78. The van der Waals surface area contributed by atoms with Gasteiger partial charge in [0.25, 0.3) is 0 Å². The van der Waals surface area contributed by atoms with E-state index in [-0.39, 0.29) is 6.10 Å². The van der Waals surface area contributed by atoms with Gasteiger partial charge in [-0.25, -0.2) is 0 Å². The molecule has 0 bridgehead atoms. The van der Waals surface area contributed by atoms with Crippen LogP contribution >= 0.6 is 0 Å². The Morgan fingerprint density at radius 2 is 2.12 bits per heavy atom. The third-order valence-electron chi connectivity index (χ3n) is 4.28. The van der Waals surface area contributed by atoms with E-state index >= 15 is 0 Å². The van der Waals surface area contributed by atoms with Crippen molar-refractivity contribution in [3.63, 3.8) is 0 Å². The molecule has 1 saturated heterocycles. The summed E-state index contributed by atoms with van der Waals surface area (Å²) in [5, 5.41) is 18.5. The minimum atomic E-state index is -0.541. The van der Waals surface area contributed by atoms with Gasteiger partial charge in [0.1, 0.15) is 12.2 Å². The van der Waals surface area contributed by atoms with Crippen LogP contribution in [0.2, 0.25) is 0 Å². The van der Waals surface area contributed by atoms with Crippen molar-refractivity contribution in [3.05, 3.63) is 54.5 Å². The standard InChI is InChI=1S/C18H20N4O3/c1-21-10-15(8-19-21)24-18-12-22(11-16(18)23)9-14-7-17(25-20-14)13-5-3-2-4-6-13/h2-8,10,16,18,23H,9,11-12H2,1H3/t16-,18-/m1/s1. The third kappa shape index (κ3) is 3.57. The first-order valence-electron chi connectivity index (χ1n) is 8.24. The van der Waals surface area contributed by atoms with Gasteiger partial charge in [-0.05, 0) is 0 Å². The lowest BCUT2D eigenvalue weighted by molar-refractivity contribution is 0.0736. The number of hydrogen-bond acceptors (Lipinski definition) is 6. The van der Waals surface area contributed by atoms with E-state index < -0.39 is 6.10 Å². The lowest BCUT2D eigenvalue weighted by atomic mass is 10.1. The molecule has 1 aromatic carbocycles. The molecule has 1 aliphatic heterocycles. The number of aryl methyl sites for hydroxylation is 1. The summed E-state index contributed by atoms with van der Waals surface area (Å²) in [6, 6.07) is 11.8. The monoisotopic (exact) mass is 340 g/mol. The Hall–Kier alpha value is -2.64. The molecular weight excluding hydrogens is 320 g/mol. The normalized spacial score (nSPS) is 20.9. The minimum Gasteiger partial charge on any atom is -0.483 e. The van der Waals surface area contributed by atoms with Gasteiger partial charge in [-0.2, -0.15) is 5.10 Å². The molecular formula is C18H20N4O3. The summed E-state index contributed by atoms with van der Waals surface area (Å²) < 4.78 is 12.9. The van der Waals surface area contributed by atoms with Gasteiger partial charge in [0, 0.05) is 38.3 Å². The first-order chi connectivity index (χ1) is 12.2. The predicted molar refractivity (Wildman–Crippen MR) is 90.8 cm³/mol. The summed E-state index contributed by atoms with van der Waals surface area (Å²) in [5.74, 6) is 1.42. The summed E-state index contributed by atoms with van der Waals surface area (Å²) in [7, 11) is 1.83. The largest absolute Gasteiger partial charge is 0.483 e. The maximum atomic E-state index is 10.3. The number of aliphatic hydroxyl groups excluding tert-OH is 1. The molecule has 7 nitrogen and oxygen atoms in total. The summed E-state index contributed by atoms with van der Waals surface area (Å²) in [6.07, 6.45) is 2.63. The highest BCUT2D eigenvalue weighted by Gasteiger charge is 2.33. The van der Waals surface area contributed by atoms with Crippen molar-refractivity contribution in [2.45, 2.75) is 18.8 Å². The quantitative estimate of drug-likeness (QED) is 0.762. The van der Waals surface area contributed by atoms with Gasteiger partial charge in [0.15, 0.2) is 11.5 Å². The van der Waals surface area contributed by atoms with Gasteiger partial charge < -0.3 is 14.4 Å². The van der Waals surface area contributed by atoms with Gasteiger partial charge in [-0.1, -0.05) is 35.5 Å². The van der Waals surface area contributed by atoms with Crippen LogP contribution < -0.4 is 4.74 Å². The van der Waals surface area contributed by atoms with Crippen molar-refractivity contribution in [2.24, 2.45) is 7.05 Å². The highest BCUT2D eigenvalue weighted by atomic mass is 16.5. The Balaban J connectivity index is 1.38. The molecule has 130 valence electrons. The zero-order chi connectivity index (χ0) is 17.2. The summed E-state index contributed by atoms with van der Waals surface area (Å²) in [4.78, 5) is 2.11. The van der Waals surface area contributed by atoms with Gasteiger partial charge >= 0.3 is 0 Å². The van der Waals surface area contributed by atoms with Crippen molar-refractivity contribution < 1.29 is 14.4 Å². The van der Waals surface area contributed by atoms with Crippen LogP contribution in [0, 0.1) is 0 Å². The second-order valence-electron chi connectivity index (χ2n) is 6.32. The van der Waals surface area contributed by atoms with Crippen LogP contribution in [0.4, 0.5) is 0 Å². The molecule has 2 atom stereocenters. The number of ether oxygens (including phenoxy) is 1. The van der Waals surface area contributed by atoms with E-state index in [1.165, 1.54) is 0 Å². The first kappa shape index (κ1) is 15.9. The smallest absolute Gasteiger partial charge is 0.167 e. The summed E-state index contributed by atoms with van der Waals surface area (Å²) in [5.41, 5.74) is 1.84. The molecule has 25 heavy (non-hydrogen) atoms. The maximum absolute atomic E-state index is 10.3. The fourth-order valence-corrected chi connectivity index (χ4v) is 3.07. The van der Waals surface area contributed by atoms with Crippen molar-refractivity contribution in [1.82, 2.24) is 19.8 Å². The Bertz CT molecular complexity index is 830. The molecule has 0 saturated carbocycles. The number of nitrogens with zero attached hydrogens (tertiary/aromatic N) is 4. The molecule has 3 aromatic rings. The minimum absolute atomic E-state index is 0.273. The fraction of sp³-hybridized carbons (Fsp3) is 0.333. The fourth-order valence-electron chi connectivity index (χ4n) is 3.07. The molecule has 1 aliphatic rings. The Morgan fingerprint density at radius 3 is 2.88 bits per heavy atom. The molecule has 0 amide bonds. The average Bonchev–Trinajstić information content (AvgIpc) is 3.31. The first-order valence-corrected chi connectivity index (χ1v) is 8.24. The third-order valence-corrected chi connectivity index (χ3v) is 4.28. The molecule has 0 radical (unpaired) electrons. The molecule has 0 spiro atoms. The van der Waals surface area contributed by atoms with Crippen LogP contribution in [0.5, 0.6) is 5.75 Å². The average molecular weight is 340 g/mol. The highest BCUT2D eigenvalue weighted by molar-refractivity contribution is 5.56. The van der Waals surface area contributed by atoms with E-state index in [4.69, 9.17) is 9.26 Å². The molecule has 2 aromatic heterocycles. The molecule has 0 aliphatic carbocycles. The van der Waals surface area contributed by atoms with Crippen LogP contribution in [-0.4, -0.2) is 50.2 Å². The van der Waals surface area contributed by atoms with E-state index in [9.17, 15) is 5.11 Å². The Morgan fingerprint density at radius 1 is 1.28 bits per heavy atom. The van der Waals surface area contributed by atoms with E-state index in [1.54, 1.807) is 17.1 Å². The Kier molecular flexibility index (Phi) is 4.25. The van der Waals surface area contributed by atoms with Crippen LogP contribution in [0.25, 0.3) is 11.3 Å². The Labute approximate surface area is 145 Å². The van der Waals surface area contributed by atoms with Crippen LogP contribution in [0.15, 0.2) is 53.3 Å². The molecule has 4 rings (SSSR count). The van der Waals surface area contributed by atoms with Crippen molar-refractivity contribution in [1.29, 1.82) is 0 Å². The zero-order valence-corrected chi connectivity index (χ0v) is 13.9. The van der Waals surface area contributed by atoms with Crippen LogP contribution in [0.1, 0.15) is 5.69 Å². The highest BCUT2D eigenvalue weighted by Crippen LogP contribution is 2.23. The second kappa shape index (κ2) is 6.70. The number of rotatable bonds is 5. The van der Waals surface area contributed by atoms with Crippen molar-refractivity contribution in [3.8, 4) is 17.1 Å². The summed E-state index contributed by atoms with van der Waals surface area (Å²) >= 11 is 0. The molecule has 3 heterocycles. The van der Waals surface area contributed by atoms with Gasteiger partial charge in [0.05, 0.1) is 18.1 Å². The van der Waals surface area contributed by atoms with Crippen molar-refractivity contribution in [2.75, 3.05) is 13.1 Å².